The molecule has 1 aromatic rings. The Bertz CT molecular complexity index is 445. The van der Waals surface area contributed by atoms with Crippen LogP contribution in [0.1, 0.15) is 34.8 Å². The smallest absolute Gasteiger partial charge is 0.251 e. The van der Waals surface area contributed by atoms with Crippen molar-refractivity contribution in [1.29, 1.82) is 0 Å². The number of amides is 1. The van der Waals surface area contributed by atoms with Gasteiger partial charge in [-0.15, -0.1) is 19.0 Å². The fourth-order valence-electron chi connectivity index (χ4n) is 2.05. The van der Waals surface area contributed by atoms with E-state index in [1.807, 2.05) is 31.2 Å². The van der Waals surface area contributed by atoms with Crippen molar-refractivity contribution < 1.29 is 4.79 Å². The SMILES string of the molecule is C=CCC(C)NC(=O)c1ccc2c(c1)CNC2.Cl. The van der Waals surface area contributed by atoms with Crippen LogP contribution < -0.4 is 10.6 Å². The van der Waals surface area contributed by atoms with Crippen LogP contribution in [0.4, 0.5) is 0 Å². The summed E-state index contributed by atoms with van der Waals surface area (Å²) in [5.74, 6) is -0.00551. The zero-order valence-corrected chi connectivity index (χ0v) is 11.3. The third-order valence-electron chi connectivity index (χ3n) is 3.00. The Morgan fingerprint density at radius 1 is 1.50 bits per heavy atom. The second-order valence-electron chi connectivity index (χ2n) is 4.49. The van der Waals surface area contributed by atoms with E-state index >= 15 is 0 Å². The zero-order chi connectivity index (χ0) is 12.3. The number of fused-ring (bicyclic) bond motifs is 1. The van der Waals surface area contributed by atoms with Crippen molar-refractivity contribution in [2.75, 3.05) is 0 Å². The van der Waals surface area contributed by atoms with E-state index in [0.29, 0.717) is 0 Å². The zero-order valence-electron chi connectivity index (χ0n) is 10.5. The van der Waals surface area contributed by atoms with Crippen molar-refractivity contribution in [3.8, 4) is 0 Å². The number of halogens is 1. The number of nitrogens with one attached hydrogen (secondary N) is 2. The Kier molecular flexibility index (Phi) is 5.38. The average Bonchev–Trinajstić information content (AvgIpc) is 2.75. The van der Waals surface area contributed by atoms with Crippen molar-refractivity contribution >= 4 is 18.3 Å². The van der Waals surface area contributed by atoms with Gasteiger partial charge in [-0.1, -0.05) is 12.1 Å². The molecule has 1 atom stereocenters. The van der Waals surface area contributed by atoms with Crippen LogP contribution in [0.15, 0.2) is 30.9 Å². The van der Waals surface area contributed by atoms with Gasteiger partial charge in [-0.05, 0) is 36.6 Å². The molecular formula is C14H19ClN2O. The van der Waals surface area contributed by atoms with E-state index in [1.165, 1.54) is 11.1 Å². The average molecular weight is 267 g/mol. The largest absolute Gasteiger partial charge is 0.349 e. The molecule has 0 saturated heterocycles. The van der Waals surface area contributed by atoms with Gasteiger partial charge in [-0.25, -0.2) is 0 Å². The summed E-state index contributed by atoms with van der Waals surface area (Å²) in [6.45, 7) is 7.42. The van der Waals surface area contributed by atoms with Gasteiger partial charge in [0, 0.05) is 24.7 Å². The van der Waals surface area contributed by atoms with Crippen LogP contribution in [0.2, 0.25) is 0 Å². The maximum Gasteiger partial charge on any atom is 0.251 e. The van der Waals surface area contributed by atoms with Crippen LogP contribution >= 0.6 is 12.4 Å². The number of hydrogen-bond donors (Lipinski definition) is 2. The summed E-state index contributed by atoms with van der Waals surface area (Å²) in [6.07, 6.45) is 2.61. The first-order chi connectivity index (χ1) is 8.20. The summed E-state index contributed by atoms with van der Waals surface area (Å²) in [6, 6.07) is 6.03. The molecule has 1 heterocycles. The Hall–Kier alpha value is -1.32. The van der Waals surface area contributed by atoms with Crippen LogP contribution in [0.3, 0.4) is 0 Å². The lowest BCUT2D eigenvalue weighted by atomic mass is 10.1. The summed E-state index contributed by atoms with van der Waals surface area (Å²) in [7, 11) is 0. The molecule has 4 heteroatoms. The highest BCUT2D eigenvalue weighted by Crippen LogP contribution is 2.17. The van der Waals surface area contributed by atoms with Crippen molar-refractivity contribution in [2.24, 2.45) is 0 Å². The highest BCUT2D eigenvalue weighted by Gasteiger charge is 2.14. The van der Waals surface area contributed by atoms with Gasteiger partial charge >= 0.3 is 0 Å². The van der Waals surface area contributed by atoms with E-state index in [9.17, 15) is 4.79 Å². The number of carbonyl (C=O) groups excluding carboxylic acids is 1. The molecule has 0 bridgehead atoms. The fraction of sp³-hybridized carbons (Fsp3) is 0.357. The van der Waals surface area contributed by atoms with Crippen LogP contribution in [-0.4, -0.2) is 11.9 Å². The highest BCUT2D eigenvalue weighted by atomic mass is 35.5. The van der Waals surface area contributed by atoms with Crippen LogP contribution in [0.25, 0.3) is 0 Å². The predicted molar refractivity (Wildman–Crippen MR) is 76.0 cm³/mol. The Balaban J connectivity index is 0.00000162. The lowest BCUT2D eigenvalue weighted by molar-refractivity contribution is 0.0940. The standard InChI is InChI=1S/C14H18N2O.ClH/c1-3-4-10(2)16-14(17)11-5-6-12-8-15-9-13(12)7-11;/h3,5-7,10,15H,1,4,8-9H2,2H3,(H,16,17);1H. The third-order valence-corrected chi connectivity index (χ3v) is 3.00. The van der Waals surface area contributed by atoms with Crippen LogP contribution in [-0.2, 0) is 13.1 Å². The molecular weight excluding hydrogens is 248 g/mol. The maximum absolute atomic E-state index is 12.0. The molecule has 98 valence electrons. The molecule has 0 aliphatic carbocycles. The predicted octanol–water partition coefficient (Wildman–Crippen LogP) is 2.41. The van der Waals surface area contributed by atoms with Gasteiger partial charge < -0.3 is 10.6 Å². The van der Waals surface area contributed by atoms with Gasteiger partial charge in [0.05, 0.1) is 0 Å². The molecule has 0 aromatic heterocycles. The van der Waals surface area contributed by atoms with Crippen LogP contribution in [0, 0.1) is 0 Å². The lowest BCUT2D eigenvalue weighted by Crippen LogP contribution is -2.32. The fourth-order valence-corrected chi connectivity index (χ4v) is 2.05. The van der Waals surface area contributed by atoms with Gasteiger partial charge in [0.25, 0.3) is 5.91 Å². The molecule has 3 nitrogen and oxygen atoms in total. The number of benzene rings is 1. The third kappa shape index (κ3) is 3.34. The first-order valence-corrected chi connectivity index (χ1v) is 5.95. The molecule has 1 aliphatic heterocycles. The van der Waals surface area contributed by atoms with Gasteiger partial charge in [0.2, 0.25) is 0 Å². The summed E-state index contributed by atoms with van der Waals surface area (Å²) in [4.78, 5) is 12.0. The Labute approximate surface area is 114 Å². The monoisotopic (exact) mass is 266 g/mol. The van der Waals surface area contributed by atoms with Gasteiger partial charge in [-0.2, -0.15) is 0 Å². The molecule has 0 radical (unpaired) electrons. The van der Waals surface area contributed by atoms with Crippen molar-refractivity contribution in [3.05, 3.63) is 47.5 Å². The molecule has 0 saturated carbocycles. The molecule has 2 N–H and O–H groups in total. The summed E-state index contributed by atoms with van der Waals surface area (Å²) < 4.78 is 0. The minimum atomic E-state index is -0.00551. The molecule has 18 heavy (non-hydrogen) atoms. The maximum atomic E-state index is 12.0. The summed E-state index contributed by atoms with van der Waals surface area (Å²) in [5, 5.41) is 6.23. The Morgan fingerprint density at radius 2 is 2.22 bits per heavy atom. The van der Waals surface area contributed by atoms with E-state index in [4.69, 9.17) is 0 Å². The second kappa shape index (κ2) is 6.57. The normalized spacial score (nSPS) is 14.3. The van der Waals surface area contributed by atoms with E-state index < -0.39 is 0 Å². The van der Waals surface area contributed by atoms with Crippen LogP contribution in [0.5, 0.6) is 0 Å². The lowest BCUT2D eigenvalue weighted by Gasteiger charge is -2.12. The molecule has 1 aliphatic rings. The molecule has 1 unspecified atom stereocenters. The van der Waals surface area contributed by atoms with Crippen molar-refractivity contribution in [1.82, 2.24) is 10.6 Å². The van der Waals surface area contributed by atoms with E-state index in [1.54, 1.807) is 0 Å². The van der Waals surface area contributed by atoms with E-state index in [-0.39, 0.29) is 24.4 Å². The van der Waals surface area contributed by atoms with E-state index in [2.05, 4.69) is 17.2 Å². The molecule has 1 amide bonds. The first-order valence-electron chi connectivity index (χ1n) is 5.95. The number of carbonyl (C=O) groups is 1. The van der Waals surface area contributed by atoms with Crippen molar-refractivity contribution in [3.63, 3.8) is 0 Å². The van der Waals surface area contributed by atoms with Crippen molar-refractivity contribution in [2.45, 2.75) is 32.5 Å². The topological polar surface area (TPSA) is 41.1 Å². The Morgan fingerprint density at radius 3 is 2.94 bits per heavy atom. The molecule has 0 fully saturated rings. The molecule has 2 rings (SSSR count). The highest BCUT2D eigenvalue weighted by molar-refractivity contribution is 5.94. The minimum Gasteiger partial charge on any atom is -0.349 e. The second-order valence-corrected chi connectivity index (χ2v) is 4.49. The molecule has 0 spiro atoms. The number of rotatable bonds is 4. The van der Waals surface area contributed by atoms with E-state index in [0.717, 1.165) is 25.1 Å². The van der Waals surface area contributed by atoms with Gasteiger partial charge in [0.1, 0.15) is 0 Å². The minimum absolute atomic E-state index is 0. The summed E-state index contributed by atoms with van der Waals surface area (Å²) in [5.41, 5.74) is 3.26. The first kappa shape index (κ1) is 14.7. The quantitative estimate of drug-likeness (QED) is 0.822. The van der Waals surface area contributed by atoms with Gasteiger partial charge in [-0.3, -0.25) is 4.79 Å². The molecule has 1 aromatic carbocycles. The van der Waals surface area contributed by atoms with Gasteiger partial charge in [0.15, 0.2) is 0 Å². The number of hydrogen-bond acceptors (Lipinski definition) is 2. The summed E-state index contributed by atoms with van der Waals surface area (Å²) >= 11 is 0.